The van der Waals surface area contributed by atoms with Crippen molar-refractivity contribution in [3.05, 3.63) is 0 Å². The van der Waals surface area contributed by atoms with Gasteiger partial charge in [0.1, 0.15) is 0 Å². The minimum atomic E-state index is 0.177. The zero-order valence-corrected chi connectivity index (χ0v) is 12.2. The van der Waals surface area contributed by atoms with Crippen molar-refractivity contribution in [2.75, 3.05) is 59.0 Å². The first-order chi connectivity index (χ1) is 9.22. The van der Waals surface area contributed by atoms with Crippen LogP contribution in [-0.2, 0) is 9.53 Å². The maximum absolute atomic E-state index is 12.4. The normalized spacial score (nSPS) is 23.2. The van der Waals surface area contributed by atoms with E-state index < -0.39 is 0 Å². The van der Waals surface area contributed by atoms with Gasteiger partial charge in [0.25, 0.3) is 0 Å². The molecule has 0 saturated carbocycles. The second-order valence-electron chi connectivity index (χ2n) is 5.57. The van der Waals surface area contributed by atoms with Crippen LogP contribution in [0.5, 0.6) is 0 Å². The molecule has 1 atom stereocenters. The molecule has 0 aromatic heterocycles. The smallest absolute Gasteiger partial charge is 0.225 e. The number of carbonyl (C=O) groups is 1. The summed E-state index contributed by atoms with van der Waals surface area (Å²) in [6, 6.07) is 0. The molecule has 1 N–H and O–H groups in total. The van der Waals surface area contributed by atoms with E-state index in [1.54, 1.807) is 0 Å². The summed E-state index contributed by atoms with van der Waals surface area (Å²) in [5.74, 6) is 1.07. The van der Waals surface area contributed by atoms with E-state index in [1.807, 2.05) is 11.8 Å². The first kappa shape index (κ1) is 14.8. The molecule has 2 heterocycles. The molecule has 110 valence electrons. The number of nitrogens with zero attached hydrogens (tertiary/aromatic N) is 2. The highest BCUT2D eigenvalue weighted by Crippen LogP contribution is 2.19. The number of rotatable bonds is 6. The van der Waals surface area contributed by atoms with Gasteiger partial charge in [-0.05, 0) is 25.9 Å². The lowest BCUT2D eigenvalue weighted by Crippen LogP contribution is -2.54. The largest absolute Gasteiger partial charge is 0.380 e. The molecule has 0 aliphatic carbocycles. The van der Waals surface area contributed by atoms with Crippen LogP contribution < -0.4 is 5.32 Å². The molecule has 0 aromatic carbocycles. The summed E-state index contributed by atoms with van der Waals surface area (Å²) < 4.78 is 5.37. The first-order valence-electron chi connectivity index (χ1n) is 7.52. The topological polar surface area (TPSA) is 44.8 Å². The van der Waals surface area contributed by atoms with E-state index in [2.05, 4.69) is 17.1 Å². The van der Waals surface area contributed by atoms with Gasteiger partial charge in [-0.3, -0.25) is 9.69 Å². The molecule has 2 aliphatic rings. The Bertz CT molecular complexity index is 286. The monoisotopic (exact) mass is 269 g/mol. The van der Waals surface area contributed by atoms with Gasteiger partial charge in [-0.2, -0.15) is 0 Å². The fraction of sp³-hybridized carbons (Fsp3) is 0.929. The SMILES string of the molecule is CCOCCN1CCN(C(=O)C(C)C2CNC2)CC1. The van der Waals surface area contributed by atoms with E-state index in [9.17, 15) is 4.79 Å². The second kappa shape index (κ2) is 7.22. The zero-order valence-electron chi connectivity index (χ0n) is 12.2. The van der Waals surface area contributed by atoms with Gasteiger partial charge in [-0.1, -0.05) is 6.92 Å². The number of amides is 1. The number of hydrogen-bond donors (Lipinski definition) is 1. The van der Waals surface area contributed by atoms with Crippen LogP contribution in [0.1, 0.15) is 13.8 Å². The van der Waals surface area contributed by atoms with Gasteiger partial charge in [-0.25, -0.2) is 0 Å². The molecular formula is C14H27N3O2. The minimum absolute atomic E-state index is 0.177. The number of nitrogens with one attached hydrogen (secondary N) is 1. The predicted molar refractivity (Wildman–Crippen MR) is 75.0 cm³/mol. The van der Waals surface area contributed by atoms with E-state index >= 15 is 0 Å². The van der Waals surface area contributed by atoms with Crippen LogP contribution in [0.4, 0.5) is 0 Å². The Morgan fingerprint density at radius 2 is 2.00 bits per heavy atom. The van der Waals surface area contributed by atoms with Gasteiger partial charge in [0.2, 0.25) is 5.91 Å². The molecule has 1 amide bonds. The standard InChI is InChI=1S/C14H27N3O2/c1-3-19-9-8-16-4-6-17(7-5-16)14(18)12(2)13-10-15-11-13/h12-13,15H,3-11H2,1-2H3. The molecule has 5 heteroatoms. The highest BCUT2D eigenvalue weighted by Gasteiger charge is 2.32. The number of ether oxygens (including phenoxy) is 1. The van der Waals surface area contributed by atoms with Crippen molar-refractivity contribution in [1.82, 2.24) is 15.1 Å². The molecule has 2 rings (SSSR count). The van der Waals surface area contributed by atoms with E-state index in [0.29, 0.717) is 11.8 Å². The lowest BCUT2D eigenvalue weighted by molar-refractivity contribution is -0.139. The number of carbonyl (C=O) groups excluding carboxylic acids is 1. The third kappa shape index (κ3) is 3.91. The molecule has 2 saturated heterocycles. The first-order valence-corrected chi connectivity index (χ1v) is 7.52. The number of piperazine rings is 1. The molecule has 1 unspecified atom stereocenters. The van der Waals surface area contributed by atoms with Gasteiger partial charge in [0, 0.05) is 45.2 Å². The molecule has 0 bridgehead atoms. The Kier molecular flexibility index (Phi) is 5.60. The highest BCUT2D eigenvalue weighted by atomic mass is 16.5. The fourth-order valence-corrected chi connectivity index (χ4v) is 2.68. The van der Waals surface area contributed by atoms with Gasteiger partial charge < -0.3 is 15.0 Å². The number of hydrogen-bond acceptors (Lipinski definition) is 4. The van der Waals surface area contributed by atoms with Crippen molar-refractivity contribution in [3.8, 4) is 0 Å². The maximum Gasteiger partial charge on any atom is 0.225 e. The van der Waals surface area contributed by atoms with Crippen LogP contribution in [-0.4, -0.2) is 74.7 Å². The van der Waals surface area contributed by atoms with Crippen molar-refractivity contribution >= 4 is 5.91 Å². The molecule has 2 aliphatic heterocycles. The van der Waals surface area contributed by atoms with Crippen molar-refractivity contribution in [2.45, 2.75) is 13.8 Å². The average molecular weight is 269 g/mol. The van der Waals surface area contributed by atoms with Crippen molar-refractivity contribution in [1.29, 1.82) is 0 Å². The lowest BCUT2D eigenvalue weighted by atomic mass is 9.88. The molecule has 0 aromatic rings. The summed E-state index contributed by atoms with van der Waals surface area (Å²) in [7, 11) is 0. The Morgan fingerprint density at radius 3 is 2.53 bits per heavy atom. The lowest BCUT2D eigenvalue weighted by Gasteiger charge is -2.39. The highest BCUT2D eigenvalue weighted by molar-refractivity contribution is 5.79. The molecule has 0 spiro atoms. The third-order valence-electron chi connectivity index (χ3n) is 4.35. The summed E-state index contributed by atoms with van der Waals surface area (Å²) in [6.45, 7) is 12.4. The van der Waals surface area contributed by atoms with Crippen molar-refractivity contribution in [2.24, 2.45) is 11.8 Å². The van der Waals surface area contributed by atoms with Gasteiger partial charge in [0.05, 0.1) is 6.61 Å². The van der Waals surface area contributed by atoms with E-state index in [1.165, 1.54) is 0 Å². The molecule has 2 fully saturated rings. The van der Waals surface area contributed by atoms with Crippen molar-refractivity contribution in [3.63, 3.8) is 0 Å². The van der Waals surface area contributed by atoms with Crippen LogP contribution in [0, 0.1) is 11.8 Å². The summed E-state index contributed by atoms with van der Waals surface area (Å²) in [5, 5.41) is 3.24. The Labute approximate surface area is 116 Å². The van der Waals surface area contributed by atoms with Crippen LogP contribution >= 0.6 is 0 Å². The molecule has 19 heavy (non-hydrogen) atoms. The Morgan fingerprint density at radius 1 is 1.32 bits per heavy atom. The van der Waals surface area contributed by atoms with Gasteiger partial charge in [-0.15, -0.1) is 0 Å². The molecular weight excluding hydrogens is 242 g/mol. The van der Waals surface area contributed by atoms with Gasteiger partial charge >= 0.3 is 0 Å². The Hall–Kier alpha value is -0.650. The molecule has 0 radical (unpaired) electrons. The zero-order chi connectivity index (χ0) is 13.7. The second-order valence-corrected chi connectivity index (χ2v) is 5.57. The van der Waals surface area contributed by atoms with Crippen LogP contribution in [0.15, 0.2) is 0 Å². The summed E-state index contributed by atoms with van der Waals surface area (Å²) in [6.07, 6.45) is 0. The van der Waals surface area contributed by atoms with Crippen LogP contribution in [0.3, 0.4) is 0 Å². The summed E-state index contributed by atoms with van der Waals surface area (Å²) >= 11 is 0. The van der Waals surface area contributed by atoms with E-state index in [-0.39, 0.29) is 5.92 Å². The quantitative estimate of drug-likeness (QED) is 0.691. The summed E-state index contributed by atoms with van der Waals surface area (Å²) in [5.41, 5.74) is 0. The van der Waals surface area contributed by atoms with E-state index in [4.69, 9.17) is 4.74 Å². The van der Waals surface area contributed by atoms with Crippen LogP contribution in [0.2, 0.25) is 0 Å². The predicted octanol–water partition coefficient (Wildman–Crippen LogP) is 0.0226. The fourth-order valence-electron chi connectivity index (χ4n) is 2.68. The van der Waals surface area contributed by atoms with E-state index in [0.717, 1.165) is 59.0 Å². The minimum Gasteiger partial charge on any atom is -0.380 e. The summed E-state index contributed by atoms with van der Waals surface area (Å²) in [4.78, 5) is 16.8. The van der Waals surface area contributed by atoms with Gasteiger partial charge in [0.15, 0.2) is 0 Å². The Balaban J connectivity index is 1.68. The molecule has 5 nitrogen and oxygen atoms in total. The third-order valence-corrected chi connectivity index (χ3v) is 4.35. The maximum atomic E-state index is 12.4. The van der Waals surface area contributed by atoms with Crippen LogP contribution in [0.25, 0.3) is 0 Å². The van der Waals surface area contributed by atoms with Crippen molar-refractivity contribution < 1.29 is 9.53 Å². The average Bonchev–Trinajstić information content (AvgIpc) is 2.37.